The summed E-state index contributed by atoms with van der Waals surface area (Å²) in [4.78, 5) is 34.2. The molecule has 0 aliphatic heterocycles. The van der Waals surface area contributed by atoms with Gasteiger partial charge in [0.1, 0.15) is 16.9 Å². The van der Waals surface area contributed by atoms with Crippen molar-refractivity contribution in [1.29, 1.82) is 0 Å². The van der Waals surface area contributed by atoms with Gasteiger partial charge < -0.3 is 10.3 Å². The molecule has 7 aromatic rings. The number of benzene rings is 2. The van der Waals surface area contributed by atoms with Gasteiger partial charge in [0.05, 0.1) is 29.5 Å². The molecule has 7 rings (SSSR count). The number of pyridine rings is 3. The van der Waals surface area contributed by atoms with E-state index in [0.29, 0.717) is 39.6 Å². The summed E-state index contributed by atoms with van der Waals surface area (Å²) in [7, 11) is 0. The Morgan fingerprint density at radius 3 is 2.59 bits per heavy atom. The lowest BCUT2D eigenvalue weighted by molar-refractivity contribution is -0.115. The Morgan fingerprint density at radius 2 is 1.73 bits per heavy atom. The van der Waals surface area contributed by atoms with Gasteiger partial charge in [-0.15, -0.1) is 0 Å². The topological polar surface area (TPSA) is 125 Å². The summed E-state index contributed by atoms with van der Waals surface area (Å²) < 4.78 is 13.5. The smallest absolute Gasteiger partial charge is 0.228 e. The average molecular weight is 541 g/mol. The molecule has 198 valence electrons. The maximum atomic E-state index is 13.5. The average Bonchev–Trinajstić information content (AvgIpc) is 3.62. The van der Waals surface area contributed by atoms with E-state index in [1.54, 1.807) is 30.7 Å². The summed E-state index contributed by atoms with van der Waals surface area (Å²) in [6.07, 6.45) is 5.25. The zero-order valence-corrected chi connectivity index (χ0v) is 21.5. The molecule has 10 heteroatoms. The van der Waals surface area contributed by atoms with E-state index in [9.17, 15) is 9.18 Å². The number of carbonyl (C=O) groups is 1. The van der Waals surface area contributed by atoms with Crippen LogP contribution in [0.2, 0.25) is 0 Å². The van der Waals surface area contributed by atoms with Crippen LogP contribution in [0.3, 0.4) is 0 Å². The van der Waals surface area contributed by atoms with E-state index in [1.165, 1.54) is 12.1 Å². The number of amides is 1. The standard InChI is InChI=1S/C31H21FN8O/c32-21-8-6-19(7-9-21)23-12-13-34-30-27(23)37-31(38-30)29-28-25(39-40-29)11-10-24(36-28)20-15-22(17-33-16-20)35-26(41)14-18-4-2-1-3-5-18/h1-13,15-17H,14H2,(H,35,41)(H,39,40)(H,34,37,38). The Hall–Kier alpha value is -5.77. The molecule has 0 atom stereocenters. The van der Waals surface area contributed by atoms with E-state index in [4.69, 9.17) is 9.97 Å². The lowest BCUT2D eigenvalue weighted by atomic mass is 10.1. The van der Waals surface area contributed by atoms with Crippen molar-refractivity contribution in [2.75, 3.05) is 5.32 Å². The number of fused-ring (bicyclic) bond motifs is 2. The number of carbonyl (C=O) groups excluding carboxylic acids is 1. The highest BCUT2D eigenvalue weighted by Gasteiger charge is 2.18. The summed E-state index contributed by atoms with van der Waals surface area (Å²) in [5, 5.41) is 10.4. The Morgan fingerprint density at radius 1 is 0.878 bits per heavy atom. The lowest BCUT2D eigenvalue weighted by Crippen LogP contribution is -2.14. The van der Waals surface area contributed by atoms with Crippen molar-refractivity contribution in [3.63, 3.8) is 0 Å². The molecule has 9 nitrogen and oxygen atoms in total. The Balaban J connectivity index is 1.21. The maximum Gasteiger partial charge on any atom is 0.228 e. The fraction of sp³-hybridized carbons (Fsp3) is 0.0323. The molecular formula is C31H21FN8O. The second-order valence-corrected chi connectivity index (χ2v) is 9.49. The summed E-state index contributed by atoms with van der Waals surface area (Å²) in [6.45, 7) is 0. The highest BCUT2D eigenvalue weighted by atomic mass is 19.1. The molecule has 2 aromatic carbocycles. The Labute approximate surface area is 232 Å². The van der Waals surface area contributed by atoms with Crippen LogP contribution >= 0.6 is 0 Å². The van der Waals surface area contributed by atoms with Gasteiger partial charge in [0.2, 0.25) is 5.91 Å². The van der Waals surface area contributed by atoms with Crippen molar-refractivity contribution in [2.45, 2.75) is 6.42 Å². The van der Waals surface area contributed by atoms with Gasteiger partial charge in [0.25, 0.3) is 0 Å². The number of aromatic amines is 2. The summed E-state index contributed by atoms with van der Waals surface area (Å²) in [6, 6.07) is 23.2. The van der Waals surface area contributed by atoms with Crippen LogP contribution in [0, 0.1) is 5.82 Å². The van der Waals surface area contributed by atoms with Crippen LogP contribution in [0.1, 0.15) is 5.56 Å². The minimum atomic E-state index is -0.304. The molecule has 0 aliphatic carbocycles. The second-order valence-electron chi connectivity index (χ2n) is 9.49. The molecule has 0 saturated heterocycles. The van der Waals surface area contributed by atoms with Crippen molar-refractivity contribution in [2.24, 2.45) is 0 Å². The first-order valence-electron chi connectivity index (χ1n) is 12.9. The lowest BCUT2D eigenvalue weighted by Gasteiger charge is -2.07. The van der Waals surface area contributed by atoms with Crippen LogP contribution in [0.15, 0.2) is 97.5 Å². The molecule has 0 bridgehead atoms. The van der Waals surface area contributed by atoms with Crippen LogP contribution in [0.5, 0.6) is 0 Å². The van der Waals surface area contributed by atoms with Crippen LogP contribution < -0.4 is 5.32 Å². The van der Waals surface area contributed by atoms with Crippen LogP contribution in [0.4, 0.5) is 10.1 Å². The molecule has 0 aliphatic rings. The van der Waals surface area contributed by atoms with E-state index >= 15 is 0 Å². The van der Waals surface area contributed by atoms with E-state index in [0.717, 1.165) is 27.8 Å². The number of rotatable bonds is 6. The summed E-state index contributed by atoms with van der Waals surface area (Å²) in [5.41, 5.74) is 7.66. The van der Waals surface area contributed by atoms with Crippen LogP contribution in [-0.2, 0) is 11.2 Å². The molecule has 1 amide bonds. The van der Waals surface area contributed by atoms with Crippen molar-refractivity contribution >= 4 is 33.8 Å². The molecule has 5 heterocycles. The number of anilines is 1. The number of halogens is 1. The van der Waals surface area contributed by atoms with Gasteiger partial charge in [-0.3, -0.25) is 14.9 Å². The van der Waals surface area contributed by atoms with Gasteiger partial charge >= 0.3 is 0 Å². The van der Waals surface area contributed by atoms with Crippen molar-refractivity contribution in [1.82, 2.24) is 35.1 Å². The molecule has 0 saturated carbocycles. The number of aromatic nitrogens is 7. The number of nitrogens with one attached hydrogen (secondary N) is 3. The predicted octanol–water partition coefficient (Wildman–Crippen LogP) is 5.95. The van der Waals surface area contributed by atoms with E-state index in [-0.39, 0.29) is 18.1 Å². The van der Waals surface area contributed by atoms with Crippen molar-refractivity contribution in [3.8, 4) is 33.9 Å². The molecular weight excluding hydrogens is 519 g/mol. The van der Waals surface area contributed by atoms with Crippen LogP contribution in [-0.4, -0.2) is 41.0 Å². The zero-order chi connectivity index (χ0) is 27.8. The SMILES string of the molecule is O=C(Cc1ccccc1)Nc1cncc(-c2ccc3[nH]nc(-c4nc5c(-c6ccc(F)cc6)ccnc5[nH]4)c3n2)c1. The maximum absolute atomic E-state index is 13.5. The van der Waals surface area contributed by atoms with E-state index in [2.05, 4.69) is 30.5 Å². The quantitative estimate of drug-likeness (QED) is 0.240. The highest BCUT2D eigenvalue weighted by Crippen LogP contribution is 2.31. The van der Waals surface area contributed by atoms with E-state index in [1.807, 2.05) is 54.6 Å². The monoisotopic (exact) mass is 540 g/mol. The number of hydrogen-bond acceptors (Lipinski definition) is 6. The predicted molar refractivity (Wildman–Crippen MR) is 154 cm³/mol. The number of nitrogens with zero attached hydrogens (tertiary/aromatic N) is 5. The molecule has 3 N–H and O–H groups in total. The summed E-state index contributed by atoms with van der Waals surface area (Å²) in [5.74, 6) is 0.0640. The number of H-pyrrole nitrogens is 2. The third-order valence-electron chi connectivity index (χ3n) is 6.70. The third kappa shape index (κ3) is 4.78. The molecule has 0 unspecified atom stereocenters. The van der Waals surface area contributed by atoms with Crippen molar-refractivity contribution in [3.05, 3.63) is 109 Å². The molecule has 0 spiro atoms. The minimum Gasteiger partial charge on any atom is -0.324 e. The van der Waals surface area contributed by atoms with Gasteiger partial charge in [-0.05, 0) is 47.5 Å². The molecule has 0 fully saturated rings. The highest BCUT2D eigenvalue weighted by molar-refractivity contribution is 5.95. The number of hydrogen-bond donors (Lipinski definition) is 3. The first-order chi connectivity index (χ1) is 20.1. The van der Waals surface area contributed by atoms with Gasteiger partial charge in [0, 0.05) is 23.5 Å². The first-order valence-corrected chi connectivity index (χ1v) is 12.9. The summed E-state index contributed by atoms with van der Waals surface area (Å²) >= 11 is 0. The Kier molecular flexibility index (Phi) is 5.97. The second kappa shape index (κ2) is 10.1. The molecule has 41 heavy (non-hydrogen) atoms. The normalized spacial score (nSPS) is 11.2. The largest absolute Gasteiger partial charge is 0.324 e. The fourth-order valence-corrected chi connectivity index (χ4v) is 4.74. The Bertz CT molecular complexity index is 2030. The number of imidazole rings is 1. The fourth-order valence-electron chi connectivity index (χ4n) is 4.74. The minimum absolute atomic E-state index is 0.130. The first kappa shape index (κ1) is 24.3. The van der Waals surface area contributed by atoms with E-state index < -0.39 is 0 Å². The van der Waals surface area contributed by atoms with Crippen molar-refractivity contribution < 1.29 is 9.18 Å². The third-order valence-corrected chi connectivity index (χ3v) is 6.70. The van der Waals surface area contributed by atoms with Gasteiger partial charge in [-0.2, -0.15) is 5.10 Å². The zero-order valence-electron chi connectivity index (χ0n) is 21.5. The van der Waals surface area contributed by atoms with Crippen LogP contribution in [0.25, 0.3) is 56.1 Å². The molecule has 0 radical (unpaired) electrons. The molecule has 5 aromatic heterocycles. The van der Waals surface area contributed by atoms with Gasteiger partial charge in [-0.25, -0.2) is 19.3 Å². The van der Waals surface area contributed by atoms with Gasteiger partial charge in [-0.1, -0.05) is 42.5 Å². The van der Waals surface area contributed by atoms with Gasteiger partial charge in [0.15, 0.2) is 17.2 Å².